The average molecular weight is 646 g/mol. The van der Waals surface area contributed by atoms with Crippen molar-refractivity contribution in [2.75, 3.05) is 0 Å². The van der Waals surface area contributed by atoms with E-state index >= 15 is 0 Å². The van der Waals surface area contributed by atoms with E-state index in [4.69, 9.17) is 26.2 Å². The first-order valence-electron chi connectivity index (χ1n) is 18.8. The summed E-state index contributed by atoms with van der Waals surface area (Å²) in [7, 11) is 0. The second-order valence-corrected chi connectivity index (χ2v) is 12.1. The fourth-order valence-corrected chi connectivity index (χ4v) is 6.87. The third kappa shape index (κ3) is 4.60. The zero-order valence-electron chi connectivity index (χ0n) is 31.5. The highest BCUT2D eigenvalue weighted by molar-refractivity contribution is 6.16. The van der Waals surface area contributed by atoms with Gasteiger partial charge in [0.2, 0.25) is 0 Å². The Bertz CT molecular complexity index is 3070. The molecule has 0 saturated heterocycles. The summed E-state index contributed by atoms with van der Waals surface area (Å²) in [5.74, 6) is 1.70. The molecule has 234 valence electrons. The van der Waals surface area contributed by atoms with Crippen LogP contribution in [0.4, 0.5) is 0 Å². The molecule has 0 amide bonds. The molecule has 0 aliphatic heterocycles. The van der Waals surface area contributed by atoms with Crippen LogP contribution in [0.3, 0.4) is 0 Å². The van der Waals surface area contributed by atoms with E-state index in [2.05, 4.69) is 16.7 Å². The number of nitrogens with zero attached hydrogens (tertiary/aromatic N) is 4. The molecule has 0 aliphatic carbocycles. The molecule has 10 rings (SSSR count). The molecule has 0 unspecified atom stereocenters. The Morgan fingerprint density at radius 3 is 1.78 bits per heavy atom. The molecule has 0 saturated carbocycles. The third-order valence-electron chi connectivity index (χ3n) is 9.14. The van der Waals surface area contributed by atoms with Gasteiger partial charge < -0.3 is 8.98 Å². The van der Waals surface area contributed by atoms with Crippen molar-refractivity contribution in [2.45, 2.75) is 0 Å². The maximum Gasteiger partial charge on any atom is 0.164 e. The van der Waals surface area contributed by atoms with Gasteiger partial charge in [0, 0.05) is 50.0 Å². The number of hydrogen-bond acceptors (Lipinski definition) is 4. The lowest BCUT2D eigenvalue weighted by Crippen LogP contribution is -2.00. The molecule has 3 heterocycles. The van der Waals surface area contributed by atoms with Crippen LogP contribution in [0.2, 0.25) is 0 Å². The van der Waals surface area contributed by atoms with Crippen LogP contribution in [-0.2, 0) is 0 Å². The number of fused-ring (bicyclic) bond motifs is 6. The summed E-state index contributed by atoms with van der Waals surface area (Å²) in [6.45, 7) is 0. The lowest BCUT2D eigenvalue weighted by molar-refractivity contribution is 0.668. The molecule has 10 aromatic rings. The molecule has 0 bridgehead atoms. The van der Waals surface area contributed by atoms with Gasteiger partial charge in [0.25, 0.3) is 0 Å². The molecule has 0 atom stereocenters. The summed E-state index contributed by atoms with van der Waals surface area (Å²) in [5.41, 5.74) is 7.33. The van der Waals surface area contributed by atoms with Gasteiger partial charge in [0.05, 0.1) is 17.9 Å². The van der Waals surface area contributed by atoms with Gasteiger partial charge in [-0.1, -0.05) is 127 Å². The smallest absolute Gasteiger partial charge is 0.164 e. The lowest BCUT2D eigenvalue weighted by atomic mass is 9.99. The normalized spacial score (nSPS) is 13.0. The maximum atomic E-state index is 8.74. The SMILES string of the molecule is [2H]c1c([2H])c([2H])c(-c2cccc3c2c2ccccc2n3-c2ccc3c(c2)oc2cc(-c4nc(-c5ccccc5)nc(-c5ccccc5)n4)ccc23)c([2H])c1[2H]. The van der Waals surface area contributed by atoms with Crippen molar-refractivity contribution in [3.05, 3.63) is 170 Å². The van der Waals surface area contributed by atoms with Crippen molar-refractivity contribution in [2.24, 2.45) is 0 Å². The van der Waals surface area contributed by atoms with Crippen LogP contribution in [0.1, 0.15) is 6.85 Å². The Balaban J connectivity index is 1.13. The summed E-state index contributed by atoms with van der Waals surface area (Å²) in [6, 6.07) is 43.9. The predicted octanol–water partition coefficient (Wildman–Crippen LogP) is 11.5. The van der Waals surface area contributed by atoms with E-state index in [0.717, 1.165) is 55.0 Å². The van der Waals surface area contributed by atoms with Crippen molar-refractivity contribution in [3.8, 4) is 51.0 Å². The summed E-state index contributed by atoms with van der Waals surface area (Å²) in [4.78, 5) is 14.6. The molecular formula is C45H28N4O. The quantitative estimate of drug-likeness (QED) is 0.187. The first-order valence-corrected chi connectivity index (χ1v) is 16.3. The van der Waals surface area contributed by atoms with Crippen LogP contribution in [0.15, 0.2) is 174 Å². The fourth-order valence-electron chi connectivity index (χ4n) is 6.87. The number of hydrogen-bond donors (Lipinski definition) is 0. The monoisotopic (exact) mass is 645 g/mol. The number of aromatic nitrogens is 4. The first kappa shape index (κ1) is 23.5. The van der Waals surface area contributed by atoms with Crippen molar-refractivity contribution < 1.29 is 11.3 Å². The lowest BCUT2D eigenvalue weighted by Gasteiger charge is -2.09. The summed E-state index contributed by atoms with van der Waals surface area (Å²) < 4.78 is 51.0. The Hall–Kier alpha value is -6.85. The van der Waals surface area contributed by atoms with Gasteiger partial charge in [0.15, 0.2) is 17.5 Å². The summed E-state index contributed by atoms with van der Waals surface area (Å²) in [6.07, 6.45) is 0. The van der Waals surface area contributed by atoms with E-state index in [1.807, 2.05) is 127 Å². The Morgan fingerprint density at radius 2 is 1.06 bits per heavy atom. The van der Waals surface area contributed by atoms with E-state index in [-0.39, 0.29) is 29.7 Å². The van der Waals surface area contributed by atoms with E-state index in [1.165, 1.54) is 0 Å². The number of para-hydroxylation sites is 1. The minimum Gasteiger partial charge on any atom is -0.456 e. The standard InChI is InChI=1S/C45H28N4O/c1-4-13-29(14-5-1)34-20-12-22-39-42(34)37-19-10-11-21-38(37)49(39)33-24-26-36-35-25-23-32(27-40(35)50-41(36)28-33)45-47-43(30-15-6-2-7-16-30)46-44(48-45)31-17-8-3-9-18-31/h1-28H/i1D,4D,5D,13D,14D. The molecule has 50 heavy (non-hydrogen) atoms. The topological polar surface area (TPSA) is 56.7 Å². The average Bonchev–Trinajstić information content (AvgIpc) is 3.78. The van der Waals surface area contributed by atoms with Gasteiger partial charge in [0.1, 0.15) is 11.2 Å². The number of benzene rings is 7. The second-order valence-electron chi connectivity index (χ2n) is 12.1. The van der Waals surface area contributed by atoms with Crippen LogP contribution in [0.25, 0.3) is 94.7 Å². The van der Waals surface area contributed by atoms with Gasteiger partial charge in [-0.05, 0) is 47.5 Å². The van der Waals surface area contributed by atoms with Gasteiger partial charge in [-0.25, -0.2) is 15.0 Å². The zero-order valence-corrected chi connectivity index (χ0v) is 26.5. The van der Waals surface area contributed by atoms with E-state index in [9.17, 15) is 0 Å². The number of furan rings is 1. The highest BCUT2D eigenvalue weighted by Crippen LogP contribution is 2.40. The second kappa shape index (κ2) is 11.4. The molecule has 0 aliphatic rings. The first-order chi connectivity index (χ1) is 26.9. The summed E-state index contributed by atoms with van der Waals surface area (Å²) in [5, 5.41) is 3.61. The van der Waals surface area contributed by atoms with Gasteiger partial charge in [-0.2, -0.15) is 0 Å². The molecule has 0 fully saturated rings. The highest BCUT2D eigenvalue weighted by atomic mass is 16.3. The summed E-state index contributed by atoms with van der Waals surface area (Å²) >= 11 is 0. The Morgan fingerprint density at radius 1 is 0.460 bits per heavy atom. The fraction of sp³-hybridized carbons (Fsp3) is 0. The molecule has 0 spiro atoms. The third-order valence-corrected chi connectivity index (χ3v) is 9.14. The van der Waals surface area contributed by atoms with E-state index < -0.39 is 6.04 Å². The number of rotatable bonds is 5. The van der Waals surface area contributed by atoms with Crippen LogP contribution in [0.5, 0.6) is 0 Å². The molecule has 7 aromatic carbocycles. The molecular weight excluding hydrogens is 613 g/mol. The minimum atomic E-state index is -0.415. The Labute approximate surface area is 294 Å². The van der Waals surface area contributed by atoms with Crippen LogP contribution >= 0.6 is 0 Å². The maximum absolute atomic E-state index is 8.74. The largest absolute Gasteiger partial charge is 0.456 e. The van der Waals surface area contributed by atoms with Gasteiger partial charge >= 0.3 is 0 Å². The van der Waals surface area contributed by atoms with Crippen molar-refractivity contribution in [3.63, 3.8) is 0 Å². The zero-order chi connectivity index (χ0) is 37.4. The van der Waals surface area contributed by atoms with Crippen LogP contribution in [0, 0.1) is 0 Å². The van der Waals surface area contributed by atoms with Crippen LogP contribution in [-0.4, -0.2) is 19.5 Å². The van der Waals surface area contributed by atoms with Gasteiger partial charge in [-0.3, -0.25) is 0 Å². The van der Waals surface area contributed by atoms with Crippen molar-refractivity contribution in [1.82, 2.24) is 19.5 Å². The van der Waals surface area contributed by atoms with E-state index in [0.29, 0.717) is 34.2 Å². The van der Waals surface area contributed by atoms with Crippen molar-refractivity contribution in [1.29, 1.82) is 0 Å². The van der Waals surface area contributed by atoms with Crippen LogP contribution < -0.4 is 0 Å². The molecule has 0 radical (unpaired) electrons. The molecule has 5 nitrogen and oxygen atoms in total. The molecule has 3 aromatic heterocycles. The van der Waals surface area contributed by atoms with E-state index in [1.54, 1.807) is 0 Å². The highest BCUT2D eigenvalue weighted by Gasteiger charge is 2.18. The molecule has 0 N–H and O–H groups in total. The van der Waals surface area contributed by atoms with Gasteiger partial charge in [-0.15, -0.1) is 0 Å². The molecule has 5 heteroatoms. The minimum absolute atomic E-state index is 0.174. The Kier molecular flexibility index (Phi) is 5.35. The predicted molar refractivity (Wildman–Crippen MR) is 203 cm³/mol. The van der Waals surface area contributed by atoms with Crippen molar-refractivity contribution >= 4 is 43.7 Å².